The molecule has 94 valence electrons. The lowest BCUT2D eigenvalue weighted by Crippen LogP contribution is -2.31. The van der Waals surface area contributed by atoms with E-state index in [1.807, 2.05) is 6.07 Å². The van der Waals surface area contributed by atoms with Crippen LogP contribution in [0.5, 0.6) is 5.75 Å². The Bertz CT molecular complexity index is 647. The molecule has 0 aliphatic heterocycles. The van der Waals surface area contributed by atoms with Crippen LogP contribution < -0.4 is 10.6 Å². The van der Waals surface area contributed by atoms with Crippen LogP contribution in [0.25, 0.3) is 0 Å². The maximum absolute atomic E-state index is 11.6. The average molecular weight is 253 g/mol. The first-order valence-corrected chi connectivity index (χ1v) is 5.51. The zero-order chi connectivity index (χ0) is 13.8. The van der Waals surface area contributed by atoms with Crippen LogP contribution in [-0.4, -0.2) is 11.1 Å². The number of nitrogens with zero attached hydrogens (tertiary/aromatic N) is 2. The minimum Gasteiger partial charge on any atom is -0.506 e. The SMILES string of the molecule is N#Cc1ccc(N(C(N)=O)c2ccccc2)c(O)c1. The molecule has 2 rings (SSSR count). The second-order valence-electron chi connectivity index (χ2n) is 3.82. The highest BCUT2D eigenvalue weighted by Crippen LogP contribution is 2.33. The molecule has 0 fully saturated rings. The van der Waals surface area contributed by atoms with Crippen LogP contribution in [0.4, 0.5) is 16.2 Å². The first kappa shape index (κ1) is 12.5. The van der Waals surface area contributed by atoms with Crippen LogP contribution in [0.2, 0.25) is 0 Å². The van der Waals surface area contributed by atoms with Gasteiger partial charge in [0.05, 0.1) is 23.0 Å². The van der Waals surface area contributed by atoms with Crippen molar-refractivity contribution in [1.29, 1.82) is 5.26 Å². The summed E-state index contributed by atoms with van der Waals surface area (Å²) >= 11 is 0. The van der Waals surface area contributed by atoms with Crippen molar-refractivity contribution in [1.82, 2.24) is 0 Å². The monoisotopic (exact) mass is 253 g/mol. The number of amides is 2. The molecule has 0 saturated carbocycles. The number of benzene rings is 2. The second kappa shape index (κ2) is 5.10. The molecule has 19 heavy (non-hydrogen) atoms. The number of primary amides is 1. The molecule has 0 atom stereocenters. The number of nitrogens with two attached hydrogens (primary N) is 1. The van der Waals surface area contributed by atoms with Crippen molar-refractivity contribution < 1.29 is 9.90 Å². The number of carbonyl (C=O) groups is 1. The van der Waals surface area contributed by atoms with Crippen LogP contribution in [0, 0.1) is 11.3 Å². The molecule has 2 aromatic rings. The molecule has 0 aromatic heterocycles. The number of rotatable bonds is 2. The second-order valence-corrected chi connectivity index (χ2v) is 3.82. The maximum atomic E-state index is 11.6. The standard InChI is InChI=1S/C14H11N3O2/c15-9-10-6-7-12(13(18)8-10)17(14(16)19)11-4-2-1-3-5-11/h1-8,18H,(H2,16,19). The molecule has 0 aliphatic rings. The van der Waals surface area contributed by atoms with Gasteiger partial charge in [-0.05, 0) is 30.3 Å². The van der Waals surface area contributed by atoms with Gasteiger partial charge in [-0.1, -0.05) is 18.2 Å². The Kier molecular flexibility index (Phi) is 3.35. The molecular formula is C14H11N3O2. The van der Waals surface area contributed by atoms with E-state index < -0.39 is 6.03 Å². The Morgan fingerprint density at radius 2 is 1.89 bits per heavy atom. The molecule has 3 N–H and O–H groups in total. The molecule has 0 heterocycles. The number of phenolic OH excluding ortho intramolecular Hbond substituents is 1. The van der Waals surface area contributed by atoms with E-state index in [0.717, 1.165) is 0 Å². The van der Waals surface area contributed by atoms with Crippen molar-refractivity contribution in [3.05, 3.63) is 54.1 Å². The largest absolute Gasteiger partial charge is 0.506 e. The highest BCUT2D eigenvalue weighted by molar-refractivity contribution is 5.99. The third kappa shape index (κ3) is 2.48. The van der Waals surface area contributed by atoms with Crippen LogP contribution in [0.15, 0.2) is 48.5 Å². The van der Waals surface area contributed by atoms with Crippen LogP contribution in [0.1, 0.15) is 5.56 Å². The summed E-state index contributed by atoms with van der Waals surface area (Å²) in [5.74, 6) is -0.179. The fraction of sp³-hybridized carbons (Fsp3) is 0. The van der Waals surface area contributed by atoms with Crippen molar-refractivity contribution >= 4 is 17.4 Å². The number of urea groups is 1. The summed E-state index contributed by atoms with van der Waals surface area (Å²) in [7, 11) is 0. The number of hydrogen-bond donors (Lipinski definition) is 2. The van der Waals surface area contributed by atoms with Gasteiger partial charge >= 0.3 is 6.03 Å². The van der Waals surface area contributed by atoms with Gasteiger partial charge in [-0.2, -0.15) is 5.26 Å². The number of hydrogen-bond acceptors (Lipinski definition) is 3. The average Bonchev–Trinajstić information content (AvgIpc) is 2.41. The van der Waals surface area contributed by atoms with Gasteiger partial charge in [0.15, 0.2) is 0 Å². The summed E-state index contributed by atoms with van der Waals surface area (Å²) in [4.78, 5) is 12.8. The van der Waals surface area contributed by atoms with E-state index in [4.69, 9.17) is 11.0 Å². The third-order valence-corrected chi connectivity index (χ3v) is 2.58. The Morgan fingerprint density at radius 3 is 2.42 bits per heavy atom. The van der Waals surface area contributed by atoms with E-state index in [0.29, 0.717) is 11.3 Å². The van der Waals surface area contributed by atoms with Gasteiger partial charge in [0.2, 0.25) is 0 Å². The Hall–Kier alpha value is -3.00. The Balaban J connectivity index is 2.53. The van der Waals surface area contributed by atoms with Crippen molar-refractivity contribution in [2.45, 2.75) is 0 Å². The molecule has 0 saturated heterocycles. The predicted octanol–water partition coefficient (Wildman–Crippen LogP) is 2.48. The first-order chi connectivity index (χ1) is 9.13. The van der Waals surface area contributed by atoms with Crippen molar-refractivity contribution in [3.8, 4) is 11.8 Å². The molecular weight excluding hydrogens is 242 g/mol. The lowest BCUT2D eigenvalue weighted by molar-refractivity contribution is 0.256. The molecule has 2 amide bonds. The van der Waals surface area contributed by atoms with Gasteiger partial charge < -0.3 is 10.8 Å². The molecule has 0 bridgehead atoms. The van der Waals surface area contributed by atoms with Crippen molar-refractivity contribution in [2.24, 2.45) is 5.73 Å². The normalized spacial score (nSPS) is 9.63. The quantitative estimate of drug-likeness (QED) is 0.861. The fourth-order valence-electron chi connectivity index (χ4n) is 1.74. The van der Waals surface area contributed by atoms with Crippen molar-refractivity contribution in [3.63, 3.8) is 0 Å². The topological polar surface area (TPSA) is 90.4 Å². The van der Waals surface area contributed by atoms with Gasteiger partial charge in [-0.15, -0.1) is 0 Å². The number of para-hydroxylation sites is 1. The van der Waals surface area contributed by atoms with Crippen LogP contribution in [0.3, 0.4) is 0 Å². The lowest BCUT2D eigenvalue weighted by Gasteiger charge is -2.21. The molecule has 5 heteroatoms. The zero-order valence-corrected chi connectivity index (χ0v) is 9.95. The number of nitriles is 1. The summed E-state index contributed by atoms with van der Waals surface area (Å²) in [5.41, 5.74) is 6.43. The van der Waals surface area contributed by atoms with Crippen molar-refractivity contribution in [2.75, 3.05) is 4.90 Å². The maximum Gasteiger partial charge on any atom is 0.324 e. The number of anilines is 2. The van der Waals surface area contributed by atoms with Crippen LogP contribution in [-0.2, 0) is 0 Å². The fourth-order valence-corrected chi connectivity index (χ4v) is 1.74. The van der Waals surface area contributed by atoms with E-state index in [1.165, 1.54) is 23.1 Å². The van der Waals surface area contributed by atoms with Gasteiger partial charge in [-0.25, -0.2) is 4.79 Å². The molecule has 0 unspecified atom stereocenters. The van der Waals surface area contributed by atoms with Gasteiger partial charge in [0, 0.05) is 0 Å². The zero-order valence-electron chi connectivity index (χ0n) is 9.95. The number of aromatic hydroxyl groups is 1. The summed E-state index contributed by atoms with van der Waals surface area (Å²) in [6, 6.07) is 14.2. The lowest BCUT2D eigenvalue weighted by atomic mass is 10.1. The minimum absolute atomic E-state index is 0.179. The summed E-state index contributed by atoms with van der Waals surface area (Å²) in [6.45, 7) is 0. The number of phenols is 1. The third-order valence-electron chi connectivity index (χ3n) is 2.58. The number of carbonyl (C=O) groups excluding carboxylic acids is 1. The summed E-state index contributed by atoms with van der Waals surface area (Å²) in [6.07, 6.45) is 0. The van der Waals surface area contributed by atoms with Gasteiger partial charge in [-0.3, -0.25) is 4.90 Å². The Labute approximate surface area is 110 Å². The summed E-state index contributed by atoms with van der Waals surface area (Å²) in [5, 5.41) is 18.7. The van der Waals surface area contributed by atoms with E-state index in [9.17, 15) is 9.90 Å². The van der Waals surface area contributed by atoms with Gasteiger partial charge in [0.1, 0.15) is 5.75 Å². The molecule has 0 aliphatic carbocycles. The molecule has 2 aromatic carbocycles. The highest BCUT2D eigenvalue weighted by atomic mass is 16.3. The van der Waals surface area contributed by atoms with Gasteiger partial charge in [0.25, 0.3) is 0 Å². The minimum atomic E-state index is -0.716. The molecule has 0 spiro atoms. The van der Waals surface area contributed by atoms with E-state index in [1.54, 1.807) is 30.3 Å². The van der Waals surface area contributed by atoms with Crippen LogP contribution >= 0.6 is 0 Å². The smallest absolute Gasteiger partial charge is 0.324 e. The molecule has 5 nitrogen and oxygen atoms in total. The van der Waals surface area contributed by atoms with E-state index in [-0.39, 0.29) is 11.4 Å². The van der Waals surface area contributed by atoms with E-state index in [2.05, 4.69) is 0 Å². The van der Waals surface area contributed by atoms with E-state index >= 15 is 0 Å². The first-order valence-electron chi connectivity index (χ1n) is 5.51. The highest BCUT2D eigenvalue weighted by Gasteiger charge is 2.18. The summed E-state index contributed by atoms with van der Waals surface area (Å²) < 4.78 is 0. The molecule has 0 radical (unpaired) electrons. The Morgan fingerprint density at radius 1 is 1.21 bits per heavy atom. The predicted molar refractivity (Wildman–Crippen MR) is 71.0 cm³/mol.